The molecule has 1 rings (SSSR count). The second-order valence-corrected chi connectivity index (χ2v) is 2.07. The summed E-state index contributed by atoms with van der Waals surface area (Å²) >= 11 is 0. The highest BCUT2D eigenvalue weighted by molar-refractivity contribution is 5.38. The molecule has 0 aromatic heterocycles. The van der Waals surface area contributed by atoms with Crippen LogP contribution in [0.15, 0.2) is 18.2 Å². The summed E-state index contributed by atoms with van der Waals surface area (Å²) in [6, 6.07) is 7.01. The zero-order valence-electron chi connectivity index (χ0n) is 5.81. The highest BCUT2D eigenvalue weighted by Crippen LogP contribution is 2.30. The molecule has 0 atom stereocenters. The zero-order valence-corrected chi connectivity index (χ0v) is 5.81. The van der Waals surface area contributed by atoms with Crippen molar-refractivity contribution >= 4 is 0 Å². The SMILES string of the molecule is N#Cc1ccc[c]c1C(F)(F)F. The first-order valence-corrected chi connectivity index (χ1v) is 3.03. The summed E-state index contributed by atoms with van der Waals surface area (Å²) in [5.74, 6) is 0. The van der Waals surface area contributed by atoms with Crippen LogP contribution in [0.3, 0.4) is 0 Å². The van der Waals surface area contributed by atoms with Crippen LogP contribution >= 0.6 is 0 Å². The second-order valence-electron chi connectivity index (χ2n) is 2.07. The van der Waals surface area contributed by atoms with Crippen LogP contribution in [0.1, 0.15) is 11.1 Å². The summed E-state index contributed by atoms with van der Waals surface area (Å²) in [6.45, 7) is 0. The predicted molar refractivity (Wildman–Crippen MR) is 35.0 cm³/mol. The van der Waals surface area contributed by atoms with Crippen molar-refractivity contribution in [1.29, 1.82) is 5.26 Å². The minimum atomic E-state index is -4.49. The fraction of sp³-hybridized carbons (Fsp3) is 0.125. The summed E-state index contributed by atoms with van der Waals surface area (Å²) in [7, 11) is 0. The van der Waals surface area contributed by atoms with Gasteiger partial charge in [-0.05, 0) is 12.1 Å². The van der Waals surface area contributed by atoms with E-state index in [1.807, 2.05) is 6.07 Å². The molecule has 61 valence electrons. The summed E-state index contributed by atoms with van der Waals surface area (Å²) in [6.07, 6.45) is -4.49. The third-order valence-corrected chi connectivity index (χ3v) is 1.26. The van der Waals surface area contributed by atoms with Crippen LogP contribution in [0.25, 0.3) is 0 Å². The Morgan fingerprint density at radius 1 is 1.42 bits per heavy atom. The van der Waals surface area contributed by atoms with Crippen molar-refractivity contribution in [2.24, 2.45) is 0 Å². The molecule has 0 amide bonds. The Labute approximate surface area is 67.1 Å². The lowest BCUT2D eigenvalue weighted by Gasteiger charge is -2.06. The number of halogens is 3. The van der Waals surface area contributed by atoms with Crippen LogP contribution in [0.2, 0.25) is 0 Å². The summed E-state index contributed by atoms with van der Waals surface area (Å²) in [5.41, 5.74) is -1.41. The number of nitriles is 1. The standard InChI is InChI=1S/C8H3F3N/c9-8(10,11)7-4-2-1-3-6(7)5-12/h1-3H. The van der Waals surface area contributed by atoms with E-state index in [4.69, 9.17) is 5.26 Å². The number of hydrogen-bond donors (Lipinski definition) is 0. The van der Waals surface area contributed by atoms with Gasteiger partial charge in [-0.1, -0.05) is 12.1 Å². The van der Waals surface area contributed by atoms with Gasteiger partial charge in [-0.2, -0.15) is 18.4 Å². The normalized spacial score (nSPS) is 10.8. The molecule has 0 N–H and O–H groups in total. The van der Waals surface area contributed by atoms with E-state index in [1.165, 1.54) is 12.1 Å². The van der Waals surface area contributed by atoms with Crippen LogP contribution in [-0.4, -0.2) is 0 Å². The first kappa shape index (κ1) is 8.60. The first-order chi connectivity index (χ1) is 5.55. The molecule has 1 nitrogen and oxygen atoms in total. The molecule has 0 aliphatic rings. The van der Waals surface area contributed by atoms with Crippen LogP contribution in [0, 0.1) is 17.4 Å². The maximum Gasteiger partial charge on any atom is 0.418 e. The lowest BCUT2D eigenvalue weighted by Crippen LogP contribution is -2.07. The van der Waals surface area contributed by atoms with Gasteiger partial charge < -0.3 is 0 Å². The van der Waals surface area contributed by atoms with Gasteiger partial charge in [-0.3, -0.25) is 0 Å². The van der Waals surface area contributed by atoms with Gasteiger partial charge in [0.1, 0.15) is 0 Å². The molecule has 4 heteroatoms. The van der Waals surface area contributed by atoms with E-state index in [-0.39, 0.29) is 0 Å². The van der Waals surface area contributed by atoms with Crippen molar-refractivity contribution in [1.82, 2.24) is 0 Å². The summed E-state index contributed by atoms with van der Waals surface area (Å²) in [4.78, 5) is 0. The highest BCUT2D eigenvalue weighted by atomic mass is 19.4. The Morgan fingerprint density at radius 2 is 2.08 bits per heavy atom. The lowest BCUT2D eigenvalue weighted by atomic mass is 10.1. The predicted octanol–water partition coefficient (Wildman–Crippen LogP) is 2.38. The molecule has 1 radical (unpaired) electrons. The maximum absolute atomic E-state index is 12.1. The number of hydrogen-bond acceptors (Lipinski definition) is 1. The molecule has 1 aromatic carbocycles. The molecule has 0 aliphatic carbocycles. The van der Waals surface area contributed by atoms with E-state index >= 15 is 0 Å². The Morgan fingerprint density at radius 3 is 2.50 bits per heavy atom. The van der Waals surface area contributed by atoms with E-state index in [0.717, 1.165) is 12.1 Å². The van der Waals surface area contributed by atoms with Crippen LogP contribution in [0.4, 0.5) is 13.2 Å². The summed E-state index contributed by atoms with van der Waals surface area (Å²) < 4.78 is 36.2. The number of benzene rings is 1. The minimum Gasteiger partial charge on any atom is -0.192 e. The van der Waals surface area contributed by atoms with E-state index < -0.39 is 17.3 Å². The van der Waals surface area contributed by atoms with Crippen molar-refractivity contribution in [3.8, 4) is 6.07 Å². The molecular weight excluding hydrogens is 167 g/mol. The van der Waals surface area contributed by atoms with Gasteiger partial charge in [-0.15, -0.1) is 0 Å². The third kappa shape index (κ3) is 1.56. The van der Waals surface area contributed by atoms with E-state index in [9.17, 15) is 13.2 Å². The molecule has 0 heterocycles. The molecule has 12 heavy (non-hydrogen) atoms. The van der Waals surface area contributed by atoms with Gasteiger partial charge in [-0.25, -0.2) is 0 Å². The van der Waals surface area contributed by atoms with E-state index in [2.05, 4.69) is 0 Å². The monoisotopic (exact) mass is 170 g/mol. The lowest BCUT2D eigenvalue weighted by molar-refractivity contribution is -0.138. The smallest absolute Gasteiger partial charge is 0.192 e. The van der Waals surface area contributed by atoms with Gasteiger partial charge in [0.15, 0.2) is 0 Å². The molecule has 0 saturated heterocycles. The average molecular weight is 170 g/mol. The van der Waals surface area contributed by atoms with Crippen LogP contribution < -0.4 is 0 Å². The number of nitrogens with zero attached hydrogens (tertiary/aromatic N) is 1. The molecule has 0 unspecified atom stereocenters. The molecular formula is C8H3F3N. The molecule has 0 saturated carbocycles. The molecule has 0 fully saturated rings. The quantitative estimate of drug-likeness (QED) is 0.586. The number of alkyl halides is 3. The van der Waals surface area contributed by atoms with Crippen molar-refractivity contribution in [2.75, 3.05) is 0 Å². The van der Waals surface area contributed by atoms with E-state index in [1.54, 1.807) is 0 Å². The largest absolute Gasteiger partial charge is 0.418 e. The maximum atomic E-state index is 12.1. The van der Waals surface area contributed by atoms with Crippen LogP contribution in [-0.2, 0) is 6.18 Å². The molecule has 1 aromatic rings. The van der Waals surface area contributed by atoms with E-state index in [0.29, 0.717) is 0 Å². The van der Waals surface area contributed by atoms with Crippen molar-refractivity contribution in [2.45, 2.75) is 6.18 Å². The fourth-order valence-corrected chi connectivity index (χ4v) is 0.765. The average Bonchev–Trinajstić information content (AvgIpc) is 2.03. The molecule has 0 spiro atoms. The Kier molecular flexibility index (Phi) is 2.05. The van der Waals surface area contributed by atoms with Crippen molar-refractivity contribution < 1.29 is 13.2 Å². The van der Waals surface area contributed by atoms with Crippen molar-refractivity contribution in [3.63, 3.8) is 0 Å². The van der Waals surface area contributed by atoms with Crippen molar-refractivity contribution in [3.05, 3.63) is 35.4 Å². The Balaban J connectivity index is 3.26. The third-order valence-electron chi connectivity index (χ3n) is 1.26. The van der Waals surface area contributed by atoms with Gasteiger partial charge in [0.05, 0.1) is 17.2 Å². The zero-order chi connectivity index (χ0) is 9.19. The number of rotatable bonds is 0. The van der Waals surface area contributed by atoms with Gasteiger partial charge in [0, 0.05) is 0 Å². The Bertz CT molecular complexity index is 322. The van der Waals surface area contributed by atoms with Gasteiger partial charge in [0.25, 0.3) is 0 Å². The topological polar surface area (TPSA) is 23.8 Å². The second kappa shape index (κ2) is 2.86. The van der Waals surface area contributed by atoms with Gasteiger partial charge >= 0.3 is 6.18 Å². The minimum absolute atomic E-state index is 0.398. The van der Waals surface area contributed by atoms with Crippen LogP contribution in [0.5, 0.6) is 0 Å². The molecule has 0 bridgehead atoms. The molecule has 0 aliphatic heterocycles. The highest BCUT2D eigenvalue weighted by Gasteiger charge is 2.33. The summed E-state index contributed by atoms with van der Waals surface area (Å²) in [5, 5.41) is 8.31. The Hall–Kier alpha value is -1.50. The first-order valence-electron chi connectivity index (χ1n) is 3.03. The fourth-order valence-electron chi connectivity index (χ4n) is 0.765. The van der Waals surface area contributed by atoms with Gasteiger partial charge in [0.2, 0.25) is 0 Å².